The molecule has 0 fully saturated rings. The van der Waals surface area contributed by atoms with Gasteiger partial charge in [0.2, 0.25) is 5.91 Å². The fourth-order valence-corrected chi connectivity index (χ4v) is 3.06. The molecule has 22 heavy (non-hydrogen) atoms. The predicted octanol–water partition coefficient (Wildman–Crippen LogP) is 3.64. The average Bonchev–Trinajstić information content (AvgIpc) is 2.90. The molecular formula is C15H18ClN3O2S. The van der Waals surface area contributed by atoms with E-state index in [1.54, 1.807) is 25.4 Å². The highest BCUT2D eigenvalue weighted by molar-refractivity contribution is 7.16. The molecule has 1 amide bonds. The molecule has 0 radical (unpaired) electrons. The SMILES string of the molecule is CCc1sc(NC(=O)[C@@H](C)COC)nc1-c1ncccc1Cl. The van der Waals surface area contributed by atoms with E-state index in [1.165, 1.54) is 11.3 Å². The van der Waals surface area contributed by atoms with E-state index in [0.717, 1.165) is 17.0 Å². The third-order valence-corrected chi connectivity index (χ3v) is 4.52. The van der Waals surface area contributed by atoms with Crippen molar-refractivity contribution in [2.45, 2.75) is 20.3 Å². The summed E-state index contributed by atoms with van der Waals surface area (Å²) >= 11 is 7.64. The molecule has 118 valence electrons. The Kier molecular flexibility index (Phi) is 5.88. The Labute approximate surface area is 138 Å². The van der Waals surface area contributed by atoms with E-state index in [-0.39, 0.29) is 11.8 Å². The van der Waals surface area contributed by atoms with Crippen LogP contribution in [-0.2, 0) is 16.0 Å². The Hall–Kier alpha value is -1.50. The lowest BCUT2D eigenvalue weighted by molar-refractivity contribution is -0.120. The van der Waals surface area contributed by atoms with Gasteiger partial charge in [-0.1, -0.05) is 25.4 Å². The number of aromatic nitrogens is 2. The van der Waals surface area contributed by atoms with Gasteiger partial charge < -0.3 is 10.1 Å². The van der Waals surface area contributed by atoms with Crippen LogP contribution in [-0.4, -0.2) is 29.6 Å². The first kappa shape index (κ1) is 16.9. The van der Waals surface area contributed by atoms with E-state index in [1.807, 2.05) is 13.8 Å². The summed E-state index contributed by atoms with van der Waals surface area (Å²) in [5.41, 5.74) is 1.37. The molecule has 0 bridgehead atoms. The topological polar surface area (TPSA) is 64.1 Å². The second-order valence-corrected chi connectivity index (χ2v) is 6.31. The van der Waals surface area contributed by atoms with E-state index >= 15 is 0 Å². The Morgan fingerprint density at radius 2 is 2.27 bits per heavy atom. The monoisotopic (exact) mass is 339 g/mol. The van der Waals surface area contributed by atoms with E-state index in [4.69, 9.17) is 16.3 Å². The summed E-state index contributed by atoms with van der Waals surface area (Å²) in [5.74, 6) is -0.349. The van der Waals surface area contributed by atoms with E-state index in [0.29, 0.717) is 22.5 Å². The Morgan fingerprint density at radius 3 is 2.91 bits per heavy atom. The predicted molar refractivity (Wildman–Crippen MR) is 89.4 cm³/mol. The van der Waals surface area contributed by atoms with Crippen LogP contribution in [0, 0.1) is 5.92 Å². The van der Waals surface area contributed by atoms with E-state index in [2.05, 4.69) is 15.3 Å². The van der Waals surface area contributed by atoms with Crippen LogP contribution in [0.3, 0.4) is 0 Å². The van der Waals surface area contributed by atoms with Gasteiger partial charge in [0.05, 0.1) is 17.5 Å². The van der Waals surface area contributed by atoms with Crippen LogP contribution in [0.2, 0.25) is 5.02 Å². The maximum absolute atomic E-state index is 12.0. The third kappa shape index (κ3) is 3.82. The number of hydrogen-bond acceptors (Lipinski definition) is 5. The van der Waals surface area contributed by atoms with Crippen molar-refractivity contribution in [1.82, 2.24) is 9.97 Å². The number of halogens is 1. The number of anilines is 1. The first-order valence-electron chi connectivity index (χ1n) is 6.97. The van der Waals surface area contributed by atoms with Crippen molar-refractivity contribution in [3.8, 4) is 11.4 Å². The van der Waals surface area contributed by atoms with Crippen LogP contribution >= 0.6 is 22.9 Å². The van der Waals surface area contributed by atoms with E-state index < -0.39 is 0 Å². The summed E-state index contributed by atoms with van der Waals surface area (Å²) in [6, 6.07) is 3.56. The standard InChI is InChI=1S/C15H18ClN3O2S/c1-4-11-13(12-10(16)6-5-7-17-12)18-15(22-11)19-14(20)9(2)8-21-3/h5-7,9H,4,8H2,1-3H3,(H,18,19,20)/t9-/m0/s1. The number of rotatable bonds is 6. The van der Waals surface area contributed by atoms with Crippen molar-refractivity contribution in [2.75, 3.05) is 19.0 Å². The zero-order valence-electron chi connectivity index (χ0n) is 12.7. The first-order valence-corrected chi connectivity index (χ1v) is 8.16. The fourth-order valence-electron chi connectivity index (χ4n) is 1.94. The van der Waals surface area contributed by atoms with Gasteiger partial charge in [0.25, 0.3) is 0 Å². The smallest absolute Gasteiger partial charge is 0.231 e. The average molecular weight is 340 g/mol. The molecule has 0 aliphatic carbocycles. The molecule has 2 aromatic rings. The van der Waals surface area contributed by atoms with E-state index in [9.17, 15) is 4.79 Å². The Balaban J connectivity index is 2.26. The van der Waals surface area contributed by atoms with Crippen LogP contribution in [0.25, 0.3) is 11.4 Å². The second-order valence-electron chi connectivity index (χ2n) is 4.82. The summed E-state index contributed by atoms with van der Waals surface area (Å²) in [7, 11) is 1.57. The van der Waals surface area contributed by atoms with Crippen molar-refractivity contribution in [1.29, 1.82) is 0 Å². The van der Waals surface area contributed by atoms with Gasteiger partial charge in [-0.3, -0.25) is 9.78 Å². The highest BCUT2D eigenvalue weighted by atomic mass is 35.5. The van der Waals surface area contributed by atoms with Crippen LogP contribution in [0.4, 0.5) is 5.13 Å². The molecule has 1 atom stereocenters. The molecule has 1 N–H and O–H groups in total. The minimum atomic E-state index is -0.235. The fraction of sp³-hybridized carbons (Fsp3) is 0.400. The van der Waals surface area contributed by atoms with Crippen molar-refractivity contribution < 1.29 is 9.53 Å². The van der Waals surface area contributed by atoms with Gasteiger partial charge in [-0.15, -0.1) is 11.3 Å². The zero-order chi connectivity index (χ0) is 16.1. The summed E-state index contributed by atoms with van der Waals surface area (Å²) in [5, 5.41) is 3.93. The minimum Gasteiger partial charge on any atom is -0.384 e. The largest absolute Gasteiger partial charge is 0.384 e. The molecule has 0 aliphatic heterocycles. The molecule has 0 unspecified atom stereocenters. The number of ether oxygens (including phenoxy) is 1. The summed E-state index contributed by atoms with van der Waals surface area (Å²) < 4.78 is 4.99. The summed E-state index contributed by atoms with van der Waals surface area (Å²) in [4.78, 5) is 21.9. The number of thiazole rings is 1. The molecule has 2 heterocycles. The molecule has 7 heteroatoms. The van der Waals surface area contributed by atoms with Crippen LogP contribution in [0.15, 0.2) is 18.3 Å². The van der Waals surface area contributed by atoms with Crippen molar-refractivity contribution >= 4 is 34.0 Å². The number of carbonyl (C=O) groups excluding carboxylic acids is 1. The molecule has 2 rings (SSSR count). The van der Waals surface area contributed by atoms with Crippen LogP contribution < -0.4 is 5.32 Å². The van der Waals surface area contributed by atoms with Crippen molar-refractivity contribution in [3.63, 3.8) is 0 Å². The zero-order valence-corrected chi connectivity index (χ0v) is 14.3. The molecule has 5 nitrogen and oxygen atoms in total. The number of amides is 1. The molecule has 0 aliphatic rings. The molecular weight excluding hydrogens is 322 g/mol. The van der Waals surface area contributed by atoms with Gasteiger partial charge in [-0.05, 0) is 18.6 Å². The van der Waals surface area contributed by atoms with Crippen molar-refractivity contribution in [3.05, 3.63) is 28.2 Å². The minimum absolute atomic E-state index is 0.114. The summed E-state index contributed by atoms with van der Waals surface area (Å²) in [6.07, 6.45) is 2.47. The highest BCUT2D eigenvalue weighted by Gasteiger charge is 2.19. The lowest BCUT2D eigenvalue weighted by Gasteiger charge is -2.08. The Bertz CT molecular complexity index is 660. The molecule has 0 spiro atoms. The number of hydrogen-bond donors (Lipinski definition) is 1. The number of nitrogens with zero attached hydrogens (tertiary/aromatic N) is 2. The second kappa shape index (κ2) is 7.67. The van der Waals surface area contributed by atoms with Crippen molar-refractivity contribution in [2.24, 2.45) is 5.92 Å². The third-order valence-electron chi connectivity index (χ3n) is 3.10. The van der Waals surface area contributed by atoms with Crippen LogP contribution in [0.5, 0.6) is 0 Å². The normalized spacial score (nSPS) is 12.2. The molecule has 0 aromatic carbocycles. The van der Waals surface area contributed by atoms with Gasteiger partial charge in [0, 0.05) is 18.2 Å². The summed E-state index contributed by atoms with van der Waals surface area (Å²) in [6.45, 7) is 4.22. The molecule has 0 saturated heterocycles. The maximum Gasteiger partial charge on any atom is 0.231 e. The highest BCUT2D eigenvalue weighted by Crippen LogP contribution is 2.34. The number of pyridine rings is 1. The molecule has 2 aromatic heterocycles. The lowest BCUT2D eigenvalue weighted by atomic mass is 10.2. The number of nitrogens with one attached hydrogen (secondary N) is 1. The quantitative estimate of drug-likeness (QED) is 0.872. The Morgan fingerprint density at radius 1 is 1.50 bits per heavy atom. The van der Waals surface area contributed by atoms with Gasteiger partial charge in [-0.25, -0.2) is 4.98 Å². The van der Waals surface area contributed by atoms with Gasteiger partial charge in [-0.2, -0.15) is 0 Å². The number of aryl methyl sites for hydroxylation is 1. The van der Waals surface area contributed by atoms with Gasteiger partial charge >= 0.3 is 0 Å². The molecule has 0 saturated carbocycles. The van der Waals surface area contributed by atoms with Gasteiger partial charge in [0.1, 0.15) is 11.4 Å². The maximum atomic E-state index is 12.0. The number of carbonyl (C=O) groups is 1. The lowest BCUT2D eigenvalue weighted by Crippen LogP contribution is -2.23. The first-order chi connectivity index (χ1) is 10.6. The number of methoxy groups -OCH3 is 1. The van der Waals surface area contributed by atoms with Crippen LogP contribution in [0.1, 0.15) is 18.7 Å². The van der Waals surface area contributed by atoms with Gasteiger partial charge in [0.15, 0.2) is 5.13 Å².